The molecule has 8 heteroatoms. The largest absolute Gasteiger partial charge is 0.481 e. The Bertz CT molecular complexity index is 957. The fourth-order valence-electron chi connectivity index (χ4n) is 3.43. The molecule has 0 radical (unpaired) electrons. The SMILES string of the molecule is COc1ccc(C(NC(=O)c2cc(-c3ccc(C)o3)[nH]n2)C2CC(O)C2)cn1. The van der Waals surface area contributed by atoms with Crippen molar-refractivity contribution in [2.45, 2.75) is 31.9 Å². The molecule has 1 aliphatic rings. The highest BCUT2D eigenvalue weighted by Crippen LogP contribution is 2.38. The molecule has 0 bridgehead atoms. The molecular formula is C20H22N4O4. The fourth-order valence-corrected chi connectivity index (χ4v) is 3.43. The number of aromatic amines is 1. The van der Waals surface area contributed by atoms with Crippen molar-refractivity contribution in [2.24, 2.45) is 5.92 Å². The van der Waals surface area contributed by atoms with Crippen LogP contribution in [0.1, 0.15) is 40.7 Å². The normalized spacial score (nSPS) is 19.7. The molecule has 0 spiro atoms. The second kappa shape index (κ2) is 7.47. The Morgan fingerprint density at radius 1 is 1.36 bits per heavy atom. The van der Waals surface area contributed by atoms with E-state index in [2.05, 4.69) is 20.5 Å². The second-order valence-electron chi connectivity index (χ2n) is 7.05. The van der Waals surface area contributed by atoms with Crippen LogP contribution in [0.2, 0.25) is 0 Å². The Labute approximate surface area is 161 Å². The van der Waals surface area contributed by atoms with E-state index in [1.54, 1.807) is 25.4 Å². The number of hydrogen-bond donors (Lipinski definition) is 3. The number of pyridine rings is 1. The number of carbonyl (C=O) groups excluding carboxylic acids is 1. The molecule has 3 N–H and O–H groups in total. The second-order valence-corrected chi connectivity index (χ2v) is 7.05. The molecule has 1 fully saturated rings. The number of aryl methyl sites for hydroxylation is 1. The molecule has 1 saturated carbocycles. The van der Waals surface area contributed by atoms with Gasteiger partial charge >= 0.3 is 0 Å². The van der Waals surface area contributed by atoms with Gasteiger partial charge in [0.15, 0.2) is 11.5 Å². The molecule has 0 aliphatic heterocycles. The van der Waals surface area contributed by atoms with Crippen molar-refractivity contribution in [2.75, 3.05) is 7.11 Å². The van der Waals surface area contributed by atoms with Crippen molar-refractivity contribution in [3.8, 4) is 17.3 Å². The van der Waals surface area contributed by atoms with E-state index in [1.165, 1.54) is 0 Å². The smallest absolute Gasteiger partial charge is 0.272 e. The van der Waals surface area contributed by atoms with Crippen molar-refractivity contribution >= 4 is 5.91 Å². The molecule has 0 saturated heterocycles. The molecule has 0 aromatic carbocycles. The van der Waals surface area contributed by atoms with Gasteiger partial charge in [0.25, 0.3) is 5.91 Å². The number of nitrogens with one attached hydrogen (secondary N) is 2. The molecule has 3 aromatic rings. The minimum absolute atomic E-state index is 0.139. The molecule has 1 atom stereocenters. The first-order valence-corrected chi connectivity index (χ1v) is 9.14. The molecule has 1 aliphatic carbocycles. The van der Waals surface area contributed by atoms with Crippen LogP contribution in [-0.2, 0) is 0 Å². The van der Waals surface area contributed by atoms with E-state index in [0.29, 0.717) is 30.2 Å². The van der Waals surface area contributed by atoms with Crippen LogP contribution in [0.3, 0.4) is 0 Å². The molecule has 1 amide bonds. The van der Waals surface area contributed by atoms with E-state index in [1.807, 2.05) is 25.1 Å². The lowest BCUT2D eigenvalue weighted by molar-refractivity contribution is 0.0234. The van der Waals surface area contributed by atoms with Gasteiger partial charge in [-0.2, -0.15) is 5.10 Å². The van der Waals surface area contributed by atoms with Gasteiger partial charge in [0.2, 0.25) is 5.88 Å². The first kappa shape index (κ1) is 18.2. The molecule has 3 heterocycles. The Balaban J connectivity index is 1.52. The number of furan rings is 1. The van der Waals surface area contributed by atoms with Crippen LogP contribution in [-0.4, -0.2) is 39.4 Å². The number of nitrogens with zero attached hydrogens (tertiary/aromatic N) is 2. The number of aliphatic hydroxyl groups excluding tert-OH is 1. The lowest BCUT2D eigenvalue weighted by Crippen LogP contribution is -2.41. The van der Waals surface area contributed by atoms with E-state index >= 15 is 0 Å². The highest BCUT2D eigenvalue weighted by atomic mass is 16.5. The zero-order valence-electron chi connectivity index (χ0n) is 15.7. The third kappa shape index (κ3) is 3.63. The standard InChI is InChI=1S/C20H22N4O4/c1-11-3-5-17(28-11)15-9-16(24-23-15)20(26)22-19(13-7-14(25)8-13)12-4-6-18(27-2)21-10-12/h3-6,9-10,13-14,19,25H,7-8H2,1-2H3,(H,22,26)(H,23,24). The molecule has 146 valence electrons. The van der Waals surface area contributed by atoms with E-state index in [9.17, 15) is 9.90 Å². The third-order valence-electron chi connectivity index (χ3n) is 5.05. The molecule has 8 nitrogen and oxygen atoms in total. The van der Waals surface area contributed by atoms with Crippen LogP contribution in [0.5, 0.6) is 5.88 Å². The first-order chi connectivity index (χ1) is 13.5. The van der Waals surface area contributed by atoms with Gasteiger partial charge in [-0.15, -0.1) is 0 Å². The molecular weight excluding hydrogens is 360 g/mol. The Morgan fingerprint density at radius 2 is 2.18 bits per heavy atom. The number of methoxy groups -OCH3 is 1. The number of aliphatic hydroxyl groups is 1. The number of aromatic nitrogens is 3. The number of amides is 1. The summed E-state index contributed by atoms with van der Waals surface area (Å²) in [5.74, 6) is 1.76. The van der Waals surface area contributed by atoms with Gasteiger partial charge in [-0.3, -0.25) is 9.89 Å². The molecule has 4 rings (SSSR count). The number of ether oxygens (including phenoxy) is 1. The van der Waals surface area contributed by atoms with Crippen LogP contribution in [0, 0.1) is 12.8 Å². The molecule has 28 heavy (non-hydrogen) atoms. The summed E-state index contributed by atoms with van der Waals surface area (Å²) in [6.45, 7) is 1.86. The van der Waals surface area contributed by atoms with Crippen LogP contribution in [0.4, 0.5) is 0 Å². The number of rotatable bonds is 6. The minimum Gasteiger partial charge on any atom is -0.481 e. The Kier molecular flexibility index (Phi) is 4.87. The minimum atomic E-state index is -0.324. The monoisotopic (exact) mass is 382 g/mol. The van der Waals surface area contributed by atoms with Crippen molar-refractivity contribution < 1.29 is 19.1 Å². The lowest BCUT2D eigenvalue weighted by Gasteiger charge is -2.38. The highest BCUT2D eigenvalue weighted by molar-refractivity contribution is 5.93. The maximum Gasteiger partial charge on any atom is 0.272 e. The van der Waals surface area contributed by atoms with E-state index in [0.717, 1.165) is 11.3 Å². The topological polar surface area (TPSA) is 113 Å². The van der Waals surface area contributed by atoms with Crippen LogP contribution in [0.25, 0.3) is 11.5 Å². The van der Waals surface area contributed by atoms with Gasteiger partial charge in [0.1, 0.15) is 11.5 Å². The molecule has 1 unspecified atom stereocenters. The summed E-state index contributed by atoms with van der Waals surface area (Å²) in [4.78, 5) is 17.0. The van der Waals surface area contributed by atoms with Gasteiger partial charge in [-0.25, -0.2) is 4.98 Å². The summed E-state index contributed by atoms with van der Waals surface area (Å²) in [7, 11) is 1.55. The highest BCUT2D eigenvalue weighted by Gasteiger charge is 2.36. The molecule has 3 aromatic heterocycles. The van der Waals surface area contributed by atoms with E-state index < -0.39 is 0 Å². The maximum absolute atomic E-state index is 12.8. The van der Waals surface area contributed by atoms with Crippen molar-refractivity contribution in [3.05, 3.63) is 53.5 Å². The van der Waals surface area contributed by atoms with Crippen LogP contribution in [0.15, 0.2) is 40.9 Å². The quantitative estimate of drug-likeness (QED) is 0.604. The Morgan fingerprint density at radius 3 is 2.79 bits per heavy atom. The summed E-state index contributed by atoms with van der Waals surface area (Å²) in [6.07, 6.45) is 2.63. The van der Waals surface area contributed by atoms with Gasteiger partial charge in [0, 0.05) is 18.3 Å². The predicted molar refractivity (Wildman–Crippen MR) is 101 cm³/mol. The van der Waals surface area contributed by atoms with Gasteiger partial charge < -0.3 is 19.6 Å². The van der Waals surface area contributed by atoms with Crippen molar-refractivity contribution in [3.63, 3.8) is 0 Å². The summed E-state index contributed by atoms with van der Waals surface area (Å²) in [5.41, 5.74) is 1.78. The lowest BCUT2D eigenvalue weighted by atomic mass is 9.75. The predicted octanol–water partition coefficient (Wildman–Crippen LogP) is 2.62. The fraction of sp³-hybridized carbons (Fsp3) is 0.350. The number of hydrogen-bond acceptors (Lipinski definition) is 6. The van der Waals surface area contributed by atoms with Gasteiger partial charge in [-0.1, -0.05) is 6.07 Å². The zero-order chi connectivity index (χ0) is 19.7. The average Bonchev–Trinajstić information content (AvgIpc) is 3.33. The van der Waals surface area contributed by atoms with E-state index in [4.69, 9.17) is 9.15 Å². The van der Waals surface area contributed by atoms with Gasteiger partial charge in [0.05, 0.1) is 19.3 Å². The number of carbonyl (C=O) groups is 1. The van der Waals surface area contributed by atoms with Crippen LogP contribution >= 0.6 is 0 Å². The summed E-state index contributed by atoms with van der Waals surface area (Å²) in [5, 5.41) is 19.7. The Hall–Kier alpha value is -3.13. The summed E-state index contributed by atoms with van der Waals surface area (Å²) in [6, 6.07) is 8.71. The van der Waals surface area contributed by atoms with E-state index in [-0.39, 0.29) is 29.7 Å². The van der Waals surface area contributed by atoms with Gasteiger partial charge in [-0.05, 0) is 43.4 Å². The van der Waals surface area contributed by atoms with Crippen molar-refractivity contribution in [1.82, 2.24) is 20.5 Å². The third-order valence-corrected chi connectivity index (χ3v) is 5.05. The summed E-state index contributed by atoms with van der Waals surface area (Å²) >= 11 is 0. The average molecular weight is 382 g/mol. The maximum atomic E-state index is 12.8. The zero-order valence-corrected chi connectivity index (χ0v) is 15.7. The van der Waals surface area contributed by atoms with Crippen molar-refractivity contribution in [1.29, 1.82) is 0 Å². The number of H-pyrrole nitrogens is 1. The summed E-state index contributed by atoms with van der Waals surface area (Å²) < 4.78 is 10.7. The first-order valence-electron chi connectivity index (χ1n) is 9.14. The van der Waals surface area contributed by atoms with Crippen LogP contribution < -0.4 is 10.1 Å².